The number of benzene rings is 1. The lowest BCUT2D eigenvalue weighted by atomic mass is 10.1. The van der Waals surface area contributed by atoms with Crippen LogP contribution in [-0.2, 0) is 0 Å². The number of H-pyrrole nitrogens is 1. The monoisotopic (exact) mass is 204 g/mol. The van der Waals surface area contributed by atoms with Crippen molar-refractivity contribution < 1.29 is 5.11 Å². The molecule has 15 heavy (non-hydrogen) atoms. The molecule has 1 aromatic carbocycles. The first-order chi connectivity index (χ1) is 7.08. The lowest BCUT2D eigenvalue weighted by Crippen LogP contribution is -2.03. The third kappa shape index (κ3) is 1.66. The summed E-state index contributed by atoms with van der Waals surface area (Å²) in [6, 6.07) is 6.85. The van der Waals surface area contributed by atoms with Crippen molar-refractivity contribution in [2.24, 2.45) is 0 Å². The zero-order chi connectivity index (χ0) is 11.0. The minimum absolute atomic E-state index is 0.0803. The number of rotatable bonds is 1. The summed E-state index contributed by atoms with van der Waals surface area (Å²) < 4.78 is 1.36. The van der Waals surface area contributed by atoms with E-state index >= 15 is 0 Å². The molecule has 1 heterocycles. The van der Waals surface area contributed by atoms with Gasteiger partial charge in [-0.25, -0.2) is 4.68 Å². The number of hydrogen-bond donors (Lipinski definition) is 2. The molecule has 0 spiro atoms. The van der Waals surface area contributed by atoms with E-state index in [9.17, 15) is 9.90 Å². The summed E-state index contributed by atoms with van der Waals surface area (Å²) >= 11 is 0. The molecule has 2 rings (SSSR count). The Labute approximate surface area is 86.8 Å². The average molecular weight is 204 g/mol. The Bertz CT molecular complexity index is 552. The van der Waals surface area contributed by atoms with Crippen molar-refractivity contribution in [2.75, 3.05) is 0 Å². The van der Waals surface area contributed by atoms with Gasteiger partial charge in [0, 0.05) is 0 Å². The van der Waals surface area contributed by atoms with Crippen molar-refractivity contribution in [3.63, 3.8) is 0 Å². The highest BCUT2D eigenvalue weighted by molar-refractivity contribution is 5.40. The van der Waals surface area contributed by atoms with Gasteiger partial charge in [0.2, 0.25) is 5.88 Å². The fourth-order valence-corrected chi connectivity index (χ4v) is 1.44. The van der Waals surface area contributed by atoms with Gasteiger partial charge < -0.3 is 5.11 Å². The van der Waals surface area contributed by atoms with Crippen LogP contribution in [0.15, 0.2) is 29.1 Å². The minimum atomic E-state index is -0.314. The van der Waals surface area contributed by atoms with Gasteiger partial charge >= 0.3 is 0 Å². The largest absolute Gasteiger partial charge is 0.493 e. The molecule has 4 nitrogen and oxygen atoms in total. The molecular formula is C11H12N2O2. The maximum Gasteiger partial charge on any atom is 0.268 e. The first kappa shape index (κ1) is 9.58. The van der Waals surface area contributed by atoms with Crippen LogP contribution in [0.2, 0.25) is 0 Å². The van der Waals surface area contributed by atoms with Gasteiger partial charge in [0.05, 0.1) is 11.8 Å². The van der Waals surface area contributed by atoms with Crippen LogP contribution in [0.1, 0.15) is 11.1 Å². The number of aryl methyl sites for hydroxylation is 2. The van der Waals surface area contributed by atoms with E-state index < -0.39 is 0 Å². The molecule has 0 aliphatic heterocycles. The van der Waals surface area contributed by atoms with Crippen LogP contribution < -0.4 is 5.56 Å². The summed E-state index contributed by atoms with van der Waals surface area (Å²) in [5.74, 6) is -0.0803. The zero-order valence-corrected chi connectivity index (χ0v) is 8.61. The van der Waals surface area contributed by atoms with Crippen molar-refractivity contribution in [3.8, 4) is 11.6 Å². The highest BCUT2D eigenvalue weighted by Gasteiger charge is 2.05. The molecule has 2 aromatic rings. The Morgan fingerprint density at radius 1 is 1.20 bits per heavy atom. The summed E-state index contributed by atoms with van der Waals surface area (Å²) in [6.07, 6.45) is 0. The highest BCUT2D eigenvalue weighted by Crippen LogP contribution is 2.16. The minimum Gasteiger partial charge on any atom is -0.493 e. The molecule has 0 aliphatic rings. The van der Waals surface area contributed by atoms with Gasteiger partial charge in [0.1, 0.15) is 0 Å². The average Bonchev–Trinajstić information content (AvgIpc) is 2.50. The van der Waals surface area contributed by atoms with Gasteiger partial charge in [-0.1, -0.05) is 6.07 Å². The molecule has 78 valence electrons. The van der Waals surface area contributed by atoms with E-state index in [4.69, 9.17) is 0 Å². The number of aromatic hydroxyl groups is 1. The van der Waals surface area contributed by atoms with Crippen LogP contribution in [0.4, 0.5) is 0 Å². The SMILES string of the molecule is Cc1ccc(-n2[nH]c(=O)cc2O)cc1C. The smallest absolute Gasteiger partial charge is 0.268 e. The summed E-state index contributed by atoms with van der Waals surface area (Å²) in [7, 11) is 0. The van der Waals surface area contributed by atoms with Crippen molar-refractivity contribution in [1.82, 2.24) is 9.78 Å². The third-order valence-electron chi connectivity index (χ3n) is 2.46. The maximum absolute atomic E-state index is 11.0. The molecule has 0 saturated carbocycles. The number of nitrogens with zero attached hydrogens (tertiary/aromatic N) is 1. The predicted molar refractivity (Wildman–Crippen MR) is 57.5 cm³/mol. The van der Waals surface area contributed by atoms with Crippen LogP contribution in [0.5, 0.6) is 5.88 Å². The van der Waals surface area contributed by atoms with Crippen LogP contribution in [-0.4, -0.2) is 14.9 Å². The molecule has 2 N–H and O–H groups in total. The Morgan fingerprint density at radius 3 is 2.47 bits per heavy atom. The summed E-state index contributed by atoms with van der Waals surface area (Å²) in [4.78, 5) is 11.0. The van der Waals surface area contributed by atoms with E-state index in [1.807, 2.05) is 32.0 Å². The van der Waals surface area contributed by atoms with Gasteiger partial charge in [-0.2, -0.15) is 0 Å². The Morgan fingerprint density at radius 2 is 1.93 bits per heavy atom. The first-order valence-corrected chi connectivity index (χ1v) is 4.66. The summed E-state index contributed by atoms with van der Waals surface area (Å²) in [6.45, 7) is 3.99. The van der Waals surface area contributed by atoms with Crippen LogP contribution in [0.3, 0.4) is 0 Å². The highest BCUT2D eigenvalue weighted by atomic mass is 16.3. The lowest BCUT2D eigenvalue weighted by molar-refractivity contribution is 0.433. The van der Waals surface area contributed by atoms with Crippen molar-refractivity contribution in [3.05, 3.63) is 45.7 Å². The van der Waals surface area contributed by atoms with E-state index in [0.29, 0.717) is 0 Å². The molecule has 0 saturated heterocycles. The van der Waals surface area contributed by atoms with Gasteiger partial charge in [0.25, 0.3) is 5.56 Å². The molecule has 4 heteroatoms. The van der Waals surface area contributed by atoms with Crippen LogP contribution in [0, 0.1) is 13.8 Å². The molecule has 1 aromatic heterocycles. The Balaban J connectivity index is 2.59. The van der Waals surface area contributed by atoms with Gasteiger partial charge in [-0.15, -0.1) is 0 Å². The first-order valence-electron chi connectivity index (χ1n) is 4.66. The normalized spacial score (nSPS) is 10.5. The van der Waals surface area contributed by atoms with Crippen molar-refractivity contribution in [1.29, 1.82) is 0 Å². The second kappa shape index (κ2) is 3.31. The molecule has 0 fully saturated rings. The van der Waals surface area contributed by atoms with Crippen molar-refractivity contribution >= 4 is 0 Å². The third-order valence-corrected chi connectivity index (χ3v) is 2.46. The predicted octanol–water partition coefficient (Wildman–Crippen LogP) is 1.49. The summed E-state index contributed by atoms with van der Waals surface area (Å²) in [5, 5.41) is 12.0. The van der Waals surface area contributed by atoms with E-state index in [-0.39, 0.29) is 11.4 Å². The second-order valence-electron chi connectivity index (χ2n) is 3.58. The number of aromatic nitrogens is 2. The standard InChI is InChI=1S/C11H12N2O2/c1-7-3-4-9(5-8(7)2)13-11(15)6-10(14)12-13/h3-6,15H,1-2H3,(H,12,14). The number of nitrogens with one attached hydrogen (secondary N) is 1. The topological polar surface area (TPSA) is 58.0 Å². The van der Waals surface area contributed by atoms with E-state index in [1.54, 1.807) is 0 Å². The number of aromatic amines is 1. The van der Waals surface area contributed by atoms with Crippen LogP contribution in [0.25, 0.3) is 5.69 Å². The molecule has 0 radical (unpaired) electrons. The Kier molecular flexibility index (Phi) is 2.11. The number of hydrogen-bond acceptors (Lipinski definition) is 2. The molecule has 0 unspecified atom stereocenters. The van der Waals surface area contributed by atoms with Gasteiger partial charge in [-0.05, 0) is 37.1 Å². The quantitative estimate of drug-likeness (QED) is 0.739. The lowest BCUT2D eigenvalue weighted by Gasteiger charge is -2.06. The van der Waals surface area contributed by atoms with E-state index in [2.05, 4.69) is 5.10 Å². The molecule has 0 atom stereocenters. The van der Waals surface area contributed by atoms with Gasteiger partial charge in [-0.3, -0.25) is 9.89 Å². The molecule has 0 bridgehead atoms. The van der Waals surface area contributed by atoms with Crippen molar-refractivity contribution in [2.45, 2.75) is 13.8 Å². The molecule has 0 amide bonds. The summed E-state index contributed by atoms with van der Waals surface area (Å²) in [5.41, 5.74) is 2.72. The zero-order valence-electron chi connectivity index (χ0n) is 8.61. The van der Waals surface area contributed by atoms with E-state index in [1.165, 1.54) is 10.2 Å². The fourth-order valence-electron chi connectivity index (χ4n) is 1.44. The second-order valence-corrected chi connectivity index (χ2v) is 3.58. The maximum atomic E-state index is 11.0. The molecule has 0 aliphatic carbocycles. The van der Waals surface area contributed by atoms with Gasteiger partial charge in [0.15, 0.2) is 0 Å². The van der Waals surface area contributed by atoms with E-state index in [0.717, 1.165) is 17.3 Å². The molecular weight excluding hydrogens is 192 g/mol. The fraction of sp³-hybridized carbons (Fsp3) is 0.182. The Hall–Kier alpha value is -1.97. The van der Waals surface area contributed by atoms with Crippen LogP contribution >= 0.6 is 0 Å².